The van der Waals surface area contributed by atoms with Crippen molar-refractivity contribution in [3.8, 4) is 0 Å². The molecule has 1 aromatic carbocycles. The number of hydrogen-bond acceptors (Lipinski definition) is 4. The predicted molar refractivity (Wildman–Crippen MR) is 104 cm³/mol. The molecule has 2 heterocycles. The van der Waals surface area contributed by atoms with Gasteiger partial charge in [-0.15, -0.1) is 0 Å². The molecule has 1 aliphatic heterocycles. The fraction of sp³-hybridized carbons (Fsp3) is 0.333. The Kier molecular flexibility index (Phi) is 5.08. The van der Waals surface area contributed by atoms with E-state index < -0.39 is 0 Å². The van der Waals surface area contributed by atoms with Gasteiger partial charge in [-0.3, -0.25) is 9.59 Å². The summed E-state index contributed by atoms with van der Waals surface area (Å²) in [7, 11) is 0. The van der Waals surface area contributed by atoms with Crippen LogP contribution in [-0.2, 0) is 23.2 Å². The highest BCUT2D eigenvalue weighted by molar-refractivity contribution is 6.00. The molecule has 0 fully saturated rings. The molecule has 140 valence electrons. The van der Waals surface area contributed by atoms with Gasteiger partial charge in [0.05, 0.1) is 5.69 Å². The van der Waals surface area contributed by atoms with Crippen molar-refractivity contribution in [3.63, 3.8) is 0 Å². The van der Waals surface area contributed by atoms with Crippen LogP contribution in [0, 0.1) is 0 Å². The second kappa shape index (κ2) is 7.31. The first-order valence-electron chi connectivity index (χ1n) is 8.96. The number of hydrogen-bond donors (Lipinski definition) is 1. The molecular weight excluding hydrogens is 340 g/mol. The van der Waals surface area contributed by atoms with Crippen LogP contribution in [-0.4, -0.2) is 33.2 Å². The van der Waals surface area contributed by atoms with Crippen LogP contribution in [0.5, 0.6) is 0 Å². The summed E-state index contributed by atoms with van der Waals surface area (Å²) < 4.78 is 0. The number of carbonyl (C=O) groups is 2. The molecule has 6 heteroatoms. The Balaban J connectivity index is 1.77. The van der Waals surface area contributed by atoms with Crippen molar-refractivity contribution in [2.45, 2.75) is 39.2 Å². The van der Waals surface area contributed by atoms with E-state index in [1.165, 1.54) is 6.08 Å². The molecule has 0 spiro atoms. The smallest absolute Gasteiger partial charge is 0.254 e. The average Bonchev–Trinajstić information content (AvgIpc) is 2.66. The SMILES string of the molecule is C=CC(=O)Nc1cccc(C(=O)N2CCc3nc(C(C)(C)C)ncc3C2)c1. The first-order valence-corrected chi connectivity index (χ1v) is 8.96. The minimum atomic E-state index is -0.307. The van der Waals surface area contributed by atoms with Gasteiger partial charge in [-0.05, 0) is 24.3 Å². The van der Waals surface area contributed by atoms with E-state index >= 15 is 0 Å². The molecule has 27 heavy (non-hydrogen) atoms. The monoisotopic (exact) mass is 364 g/mol. The summed E-state index contributed by atoms with van der Waals surface area (Å²) in [6.07, 6.45) is 3.74. The number of amides is 2. The Hall–Kier alpha value is -3.02. The molecule has 2 amide bonds. The summed E-state index contributed by atoms with van der Waals surface area (Å²) in [6, 6.07) is 6.92. The van der Waals surface area contributed by atoms with Crippen LogP contribution < -0.4 is 5.32 Å². The van der Waals surface area contributed by atoms with Crippen molar-refractivity contribution in [2.75, 3.05) is 11.9 Å². The Morgan fingerprint density at radius 2 is 2.07 bits per heavy atom. The Morgan fingerprint density at radius 1 is 1.30 bits per heavy atom. The van der Waals surface area contributed by atoms with Gasteiger partial charge in [0.15, 0.2) is 0 Å². The van der Waals surface area contributed by atoms with Crippen molar-refractivity contribution >= 4 is 17.5 Å². The molecule has 1 N–H and O–H groups in total. The number of nitrogens with one attached hydrogen (secondary N) is 1. The number of rotatable bonds is 3. The lowest BCUT2D eigenvalue weighted by Crippen LogP contribution is -2.37. The zero-order valence-electron chi connectivity index (χ0n) is 16.0. The van der Waals surface area contributed by atoms with Crippen LogP contribution in [0.15, 0.2) is 43.1 Å². The molecule has 0 saturated heterocycles. The zero-order valence-corrected chi connectivity index (χ0v) is 16.0. The lowest BCUT2D eigenvalue weighted by molar-refractivity contribution is -0.111. The molecule has 1 aromatic heterocycles. The molecule has 6 nitrogen and oxygen atoms in total. The second-order valence-corrected chi connectivity index (χ2v) is 7.67. The molecule has 0 aliphatic carbocycles. The third-order valence-electron chi connectivity index (χ3n) is 4.45. The molecule has 3 rings (SSSR count). The largest absolute Gasteiger partial charge is 0.334 e. The van der Waals surface area contributed by atoms with Gasteiger partial charge in [-0.1, -0.05) is 33.4 Å². The van der Waals surface area contributed by atoms with Gasteiger partial charge < -0.3 is 10.2 Å². The molecule has 0 radical (unpaired) electrons. The third kappa shape index (κ3) is 4.22. The van der Waals surface area contributed by atoms with Gasteiger partial charge in [-0.25, -0.2) is 9.97 Å². The van der Waals surface area contributed by atoms with Crippen molar-refractivity contribution in [2.24, 2.45) is 0 Å². The van der Waals surface area contributed by atoms with E-state index in [4.69, 9.17) is 4.98 Å². The van der Waals surface area contributed by atoms with Crippen molar-refractivity contribution in [1.82, 2.24) is 14.9 Å². The summed E-state index contributed by atoms with van der Waals surface area (Å²) in [5.74, 6) is 0.445. The van der Waals surface area contributed by atoms with Gasteiger partial charge in [0, 0.05) is 47.9 Å². The maximum atomic E-state index is 12.9. The summed E-state index contributed by atoms with van der Waals surface area (Å²) in [4.78, 5) is 35.3. The molecule has 0 bridgehead atoms. The lowest BCUT2D eigenvalue weighted by atomic mass is 9.95. The first-order chi connectivity index (χ1) is 12.8. The summed E-state index contributed by atoms with van der Waals surface area (Å²) >= 11 is 0. The van der Waals surface area contributed by atoms with Gasteiger partial charge in [0.1, 0.15) is 5.82 Å². The highest BCUT2D eigenvalue weighted by Gasteiger charge is 2.25. The van der Waals surface area contributed by atoms with E-state index in [0.29, 0.717) is 30.8 Å². The molecule has 2 aromatic rings. The van der Waals surface area contributed by atoms with Gasteiger partial charge >= 0.3 is 0 Å². The van der Waals surface area contributed by atoms with Gasteiger partial charge in [0.2, 0.25) is 5.91 Å². The lowest BCUT2D eigenvalue weighted by Gasteiger charge is -2.29. The van der Waals surface area contributed by atoms with Crippen molar-refractivity contribution in [3.05, 3.63) is 65.8 Å². The van der Waals surface area contributed by atoms with Crippen molar-refractivity contribution < 1.29 is 9.59 Å². The van der Waals surface area contributed by atoms with E-state index in [0.717, 1.165) is 17.1 Å². The number of benzene rings is 1. The van der Waals surface area contributed by atoms with Crippen LogP contribution in [0.1, 0.15) is 48.2 Å². The topological polar surface area (TPSA) is 75.2 Å². The fourth-order valence-electron chi connectivity index (χ4n) is 2.96. The normalized spacial score (nSPS) is 13.7. The number of anilines is 1. The highest BCUT2D eigenvalue weighted by atomic mass is 16.2. The van der Waals surface area contributed by atoms with E-state index in [9.17, 15) is 9.59 Å². The van der Waals surface area contributed by atoms with Gasteiger partial charge in [-0.2, -0.15) is 0 Å². The molecule has 0 unspecified atom stereocenters. The van der Waals surface area contributed by atoms with Crippen LogP contribution in [0.25, 0.3) is 0 Å². The Bertz CT molecular complexity index is 899. The summed E-state index contributed by atoms with van der Waals surface area (Å²) in [6.45, 7) is 10.8. The van der Waals surface area contributed by atoms with E-state index in [-0.39, 0.29) is 17.2 Å². The van der Waals surface area contributed by atoms with E-state index in [1.807, 2.05) is 6.20 Å². The number of fused-ring (bicyclic) bond motifs is 1. The maximum absolute atomic E-state index is 12.9. The molecule has 0 saturated carbocycles. The quantitative estimate of drug-likeness (QED) is 0.849. The number of aromatic nitrogens is 2. The van der Waals surface area contributed by atoms with Crippen molar-refractivity contribution in [1.29, 1.82) is 0 Å². The molecule has 1 aliphatic rings. The maximum Gasteiger partial charge on any atom is 0.254 e. The summed E-state index contributed by atoms with van der Waals surface area (Å²) in [5, 5.41) is 2.68. The average molecular weight is 364 g/mol. The van der Waals surface area contributed by atoms with E-state index in [1.54, 1.807) is 29.2 Å². The highest BCUT2D eigenvalue weighted by Crippen LogP contribution is 2.23. The van der Waals surface area contributed by atoms with Crippen LogP contribution in [0.2, 0.25) is 0 Å². The third-order valence-corrected chi connectivity index (χ3v) is 4.45. The van der Waals surface area contributed by atoms with Crippen LogP contribution in [0.3, 0.4) is 0 Å². The number of nitrogens with zero attached hydrogens (tertiary/aromatic N) is 3. The Labute approximate surface area is 159 Å². The van der Waals surface area contributed by atoms with E-state index in [2.05, 4.69) is 37.7 Å². The zero-order chi connectivity index (χ0) is 19.6. The second-order valence-electron chi connectivity index (χ2n) is 7.67. The minimum absolute atomic E-state index is 0.0738. The van der Waals surface area contributed by atoms with Gasteiger partial charge in [0.25, 0.3) is 5.91 Å². The Morgan fingerprint density at radius 3 is 2.78 bits per heavy atom. The van der Waals surface area contributed by atoms with Crippen LogP contribution >= 0.6 is 0 Å². The number of carbonyl (C=O) groups excluding carboxylic acids is 2. The first kappa shape index (κ1) is 18.8. The van der Waals surface area contributed by atoms with Crippen LogP contribution in [0.4, 0.5) is 5.69 Å². The predicted octanol–water partition coefficient (Wildman–Crippen LogP) is 3.10. The standard InChI is InChI=1S/C21H24N4O2/c1-5-18(26)23-16-8-6-7-14(11-16)19(27)25-10-9-17-15(13-25)12-22-20(24-17)21(2,3)4/h5-8,11-12H,1,9-10,13H2,2-4H3,(H,23,26). The molecular formula is C21H24N4O2. The summed E-state index contributed by atoms with van der Waals surface area (Å²) in [5.41, 5.74) is 3.01. The minimum Gasteiger partial charge on any atom is -0.334 e. The molecule has 0 atom stereocenters. The fourth-order valence-corrected chi connectivity index (χ4v) is 2.96.